The summed E-state index contributed by atoms with van der Waals surface area (Å²) >= 11 is 0. The molecule has 1 aliphatic rings. The van der Waals surface area contributed by atoms with Crippen molar-refractivity contribution in [2.75, 3.05) is 18.5 Å². The van der Waals surface area contributed by atoms with E-state index in [1.807, 2.05) is 48.9 Å². The van der Waals surface area contributed by atoms with E-state index >= 15 is 0 Å². The molecule has 0 aliphatic carbocycles. The molecule has 0 amide bonds. The lowest BCUT2D eigenvalue weighted by molar-refractivity contribution is 0.120. The second kappa shape index (κ2) is 6.80. The molecular weight excluding hydrogens is 302 g/mol. The van der Waals surface area contributed by atoms with Crippen LogP contribution in [-0.4, -0.2) is 39.0 Å². The van der Waals surface area contributed by atoms with E-state index in [2.05, 4.69) is 20.4 Å². The van der Waals surface area contributed by atoms with Gasteiger partial charge in [0.05, 0.1) is 12.3 Å². The molecule has 1 aliphatic heterocycles. The van der Waals surface area contributed by atoms with Crippen LogP contribution >= 0.6 is 0 Å². The first-order valence-corrected chi connectivity index (χ1v) is 8.16. The van der Waals surface area contributed by atoms with Crippen molar-refractivity contribution in [2.45, 2.75) is 18.9 Å². The minimum Gasteiger partial charge on any atom is -0.376 e. The standard InChI is InChI=1S/C18H19N5O/c1-2-8-19-18(5-1)23-13-15(11-22-23)14-6-7-17(20-10-14)21-12-16-4-3-9-24-16/h1-2,5-8,10-11,13,16H,3-4,9,12H2,(H,20,21). The summed E-state index contributed by atoms with van der Waals surface area (Å²) in [7, 11) is 0. The van der Waals surface area contributed by atoms with Gasteiger partial charge in [-0.15, -0.1) is 0 Å². The fourth-order valence-electron chi connectivity index (χ4n) is 2.78. The Hall–Kier alpha value is -2.73. The number of pyridine rings is 2. The van der Waals surface area contributed by atoms with Gasteiger partial charge in [0.25, 0.3) is 0 Å². The molecule has 6 heteroatoms. The zero-order valence-electron chi connectivity index (χ0n) is 13.3. The van der Waals surface area contributed by atoms with E-state index in [-0.39, 0.29) is 0 Å². The van der Waals surface area contributed by atoms with Crippen LogP contribution in [0.15, 0.2) is 55.1 Å². The third-order valence-corrected chi connectivity index (χ3v) is 4.10. The third-order valence-electron chi connectivity index (χ3n) is 4.10. The topological polar surface area (TPSA) is 64.9 Å². The van der Waals surface area contributed by atoms with E-state index < -0.39 is 0 Å². The highest BCUT2D eigenvalue weighted by molar-refractivity contribution is 5.62. The molecule has 6 nitrogen and oxygen atoms in total. The van der Waals surface area contributed by atoms with Gasteiger partial charge < -0.3 is 10.1 Å². The van der Waals surface area contributed by atoms with Gasteiger partial charge in [-0.25, -0.2) is 14.6 Å². The molecule has 1 unspecified atom stereocenters. The molecule has 1 atom stereocenters. The first-order valence-electron chi connectivity index (χ1n) is 8.16. The number of hydrogen-bond acceptors (Lipinski definition) is 5. The minimum absolute atomic E-state index is 0.308. The van der Waals surface area contributed by atoms with Gasteiger partial charge in [0.1, 0.15) is 5.82 Å². The molecule has 24 heavy (non-hydrogen) atoms. The first-order chi connectivity index (χ1) is 11.9. The molecular formula is C18H19N5O. The molecule has 4 rings (SSSR count). The molecule has 4 heterocycles. The van der Waals surface area contributed by atoms with Crippen molar-refractivity contribution in [1.82, 2.24) is 19.7 Å². The minimum atomic E-state index is 0.308. The monoisotopic (exact) mass is 321 g/mol. The lowest BCUT2D eigenvalue weighted by Crippen LogP contribution is -2.18. The molecule has 3 aromatic heterocycles. The molecule has 3 aromatic rings. The highest BCUT2D eigenvalue weighted by atomic mass is 16.5. The maximum atomic E-state index is 5.61. The van der Waals surface area contributed by atoms with Crippen LogP contribution in [0.2, 0.25) is 0 Å². The van der Waals surface area contributed by atoms with Gasteiger partial charge in [0.15, 0.2) is 5.82 Å². The van der Waals surface area contributed by atoms with Crippen molar-refractivity contribution in [3.63, 3.8) is 0 Å². The fourth-order valence-corrected chi connectivity index (χ4v) is 2.78. The Morgan fingerprint density at radius 3 is 2.88 bits per heavy atom. The smallest absolute Gasteiger partial charge is 0.153 e. The van der Waals surface area contributed by atoms with Crippen LogP contribution in [-0.2, 0) is 4.74 Å². The Morgan fingerprint density at radius 1 is 1.12 bits per heavy atom. The second-order valence-electron chi connectivity index (χ2n) is 5.81. The average molecular weight is 321 g/mol. The van der Waals surface area contributed by atoms with Crippen molar-refractivity contribution < 1.29 is 4.74 Å². The van der Waals surface area contributed by atoms with E-state index in [4.69, 9.17) is 4.74 Å². The van der Waals surface area contributed by atoms with Crippen molar-refractivity contribution >= 4 is 5.82 Å². The fraction of sp³-hybridized carbons (Fsp3) is 0.278. The van der Waals surface area contributed by atoms with E-state index in [1.54, 1.807) is 10.9 Å². The van der Waals surface area contributed by atoms with Crippen LogP contribution in [0.3, 0.4) is 0 Å². The Labute approximate surface area is 140 Å². The van der Waals surface area contributed by atoms with Gasteiger partial charge in [0, 0.05) is 42.9 Å². The number of nitrogens with one attached hydrogen (secondary N) is 1. The van der Waals surface area contributed by atoms with Crippen LogP contribution in [0.5, 0.6) is 0 Å². The highest BCUT2D eigenvalue weighted by Crippen LogP contribution is 2.20. The van der Waals surface area contributed by atoms with Crippen LogP contribution in [0.25, 0.3) is 16.9 Å². The summed E-state index contributed by atoms with van der Waals surface area (Å²) in [5.74, 6) is 1.66. The predicted octanol–water partition coefficient (Wildman–Crippen LogP) is 2.92. The maximum absolute atomic E-state index is 5.61. The molecule has 0 aromatic carbocycles. The molecule has 0 spiro atoms. The van der Waals surface area contributed by atoms with Gasteiger partial charge in [-0.1, -0.05) is 6.07 Å². The van der Waals surface area contributed by atoms with Crippen molar-refractivity contribution in [3.8, 4) is 16.9 Å². The lowest BCUT2D eigenvalue weighted by Gasteiger charge is -2.11. The molecule has 1 N–H and O–H groups in total. The van der Waals surface area contributed by atoms with Gasteiger partial charge >= 0.3 is 0 Å². The van der Waals surface area contributed by atoms with Crippen LogP contribution in [0.1, 0.15) is 12.8 Å². The molecule has 0 radical (unpaired) electrons. The summed E-state index contributed by atoms with van der Waals surface area (Å²) in [6, 6.07) is 9.79. The number of ether oxygens (including phenoxy) is 1. The summed E-state index contributed by atoms with van der Waals surface area (Å²) in [4.78, 5) is 8.77. The summed E-state index contributed by atoms with van der Waals surface area (Å²) in [6.07, 6.45) is 9.98. The normalized spacial score (nSPS) is 17.1. The Morgan fingerprint density at radius 2 is 2.12 bits per heavy atom. The molecule has 1 saturated heterocycles. The summed E-state index contributed by atoms with van der Waals surface area (Å²) in [5.41, 5.74) is 2.04. The van der Waals surface area contributed by atoms with E-state index in [0.717, 1.165) is 48.8 Å². The molecule has 0 saturated carbocycles. The van der Waals surface area contributed by atoms with E-state index in [9.17, 15) is 0 Å². The average Bonchev–Trinajstić information content (AvgIpc) is 3.33. The number of nitrogens with zero attached hydrogens (tertiary/aromatic N) is 4. The lowest BCUT2D eigenvalue weighted by atomic mass is 10.2. The highest BCUT2D eigenvalue weighted by Gasteiger charge is 2.15. The van der Waals surface area contributed by atoms with Crippen LogP contribution < -0.4 is 5.32 Å². The maximum Gasteiger partial charge on any atom is 0.153 e. The van der Waals surface area contributed by atoms with Crippen molar-refractivity contribution in [3.05, 3.63) is 55.1 Å². The third kappa shape index (κ3) is 3.28. The van der Waals surface area contributed by atoms with Crippen LogP contribution in [0.4, 0.5) is 5.82 Å². The zero-order chi connectivity index (χ0) is 16.2. The number of rotatable bonds is 5. The van der Waals surface area contributed by atoms with E-state index in [0.29, 0.717) is 6.10 Å². The zero-order valence-corrected chi connectivity index (χ0v) is 13.3. The van der Waals surface area contributed by atoms with Crippen molar-refractivity contribution in [1.29, 1.82) is 0 Å². The van der Waals surface area contributed by atoms with Gasteiger partial charge in [0.2, 0.25) is 0 Å². The Bertz CT molecular complexity index is 779. The molecule has 122 valence electrons. The summed E-state index contributed by atoms with van der Waals surface area (Å²) in [6.45, 7) is 1.68. The largest absolute Gasteiger partial charge is 0.376 e. The van der Waals surface area contributed by atoms with E-state index in [1.165, 1.54) is 0 Å². The number of anilines is 1. The van der Waals surface area contributed by atoms with Crippen molar-refractivity contribution in [2.24, 2.45) is 0 Å². The van der Waals surface area contributed by atoms with Crippen LogP contribution in [0, 0.1) is 0 Å². The first kappa shape index (κ1) is 14.8. The second-order valence-corrected chi connectivity index (χ2v) is 5.81. The summed E-state index contributed by atoms with van der Waals surface area (Å²) in [5, 5.41) is 7.70. The predicted molar refractivity (Wildman–Crippen MR) is 92.1 cm³/mol. The Kier molecular flexibility index (Phi) is 4.20. The number of aromatic nitrogens is 4. The summed E-state index contributed by atoms with van der Waals surface area (Å²) < 4.78 is 7.37. The SMILES string of the molecule is c1ccc(-n2cc(-c3ccc(NCC4CCCO4)nc3)cn2)nc1. The molecule has 0 bridgehead atoms. The quantitative estimate of drug-likeness (QED) is 0.783. The number of hydrogen-bond donors (Lipinski definition) is 1. The Balaban J connectivity index is 1.44. The van der Waals surface area contributed by atoms with Gasteiger partial charge in [-0.05, 0) is 37.1 Å². The van der Waals surface area contributed by atoms with Gasteiger partial charge in [-0.3, -0.25) is 0 Å². The van der Waals surface area contributed by atoms with Gasteiger partial charge in [-0.2, -0.15) is 5.10 Å². The molecule has 1 fully saturated rings.